The molecule has 0 atom stereocenters. The van der Waals surface area contributed by atoms with Crippen LogP contribution >= 0.6 is 0 Å². The zero-order valence-corrected chi connectivity index (χ0v) is 13.0. The van der Waals surface area contributed by atoms with Crippen LogP contribution in [0.15, 0.2) is 47.6 Å². The smallest absolute Gasteiger partial charge is 0.243 e. The number of benzene rings is 1. The van der Waals surface area contributed by atoms with Gasteiger partial charge >= 0.3 is 0 Å². The highest BCUT2D eigenvalue weighted by Gasteiger charge is 2.15. The van der Waals surface area contributed by atoms with Crippen LogP contribution in [0.2, 0.25) is 0 Å². The minimum atomic E-state index is -3.58. The quantitative estimate of drug-likeness (QED) is 0.705. The van der Waals surface area contributed by atoms with E-state index in [2.05, 4.69) is 15.1 Å². The standard InChI is InChI=1S/C14H18N4O3S/c1-18-11-13(10-16-18)22(20,21)17-8-7-15-14(19)9-12-5-3-2-4-6-12/h2-6,10-11,17H,7-9H2,1H3,(H,15,19). The molecule has 1 heterocycles. The Kier molecular flexibility index (Phi) is 5.29. The zero-order chi connectivity index (χ0) is 16.0. The SMILES string of the molecule is Cn1cc(S(=O)(=O)NCCNC(=O)Cc2ccccc2)cn1. The molecule has 7 nitrogen and oxygen atoms in total. The first-order valence-corrected chi connectivity index (χ1v) is 8.24. The van der Waals surface area contributed by atoms with Crippen LogP contribution in [0.25, 0.3) is 0 Å². The second-order valence-corrected chi connectivity index (χ2v) is 6.53. The van der Waals surface area contributed by atoms with E-state index in [1.54, 1.807) is 7.05 Å². The van der Waals surface area contributed by atoms with Crippen molar-refractivity contribution in [3.63, 3.8) is 0 Å². The fourth-order valence-corrected chi connectivity index (χ4v) is 2.87. The lowest BCUT2D eigenvalue weighted by atomic mass is 10.1. The third kappa shape index (κ3) is 4.68. The minimum Gasteiger partial charge on any atom is -0.355 e. The number of rotatable bonds is 7. The molecule has 0 aliphatic carbocycles. The molecular weight excluding hydrogens is 304 g/mol. The molecule has 0 aliphatic heterocycles. The molecule has 2 aromatic rings. The number of nitrogens with one attached hydrogen (secondary N) is 2. The van der Waals surface area contributed by atoms with Gasteiger partial charge in [0.15, 0.2) is 0 Å². The van der Waals surface area contributed by atoms with Gasteiger partial charge in [-0.25, -0.2) is 13.1 Å². The molecule has 1 amide bonds. The molecule has 0 spiro atoms. The Morgan fingerprint density at radius 3 is 2.59 bits per heavy atom. The van der Waals surface area contributed by atoms with Gasteiger partial charge in [0, 0.05) is 26.3 Å². The van der Waals surface area contributed by atoms with Gasteiger partial charge in [-0.15, -0.1) is 0 Å². The first-order valence-electron chi connectivity index (χ1n) is 6.76. The van der Waals surface area contributed by atoms with Crippen LogP contribution in [-0.4, -0.2) is 37.2 Å². The van der Waals surface area contributed by atoms with E-state index in [9.17, 15) is 13.2 Å². The summed E-state index contributed by atoms with van der Waals surface area (Å²) in [7, 11) is -1.94. The molecule has 2 N–H and O–H groups in total. The van der Waals surface area contributed by atoms with Crippen LogP contribution in [-0.2, 0) is 28.3 Å². The highest BCUT2D eigenvalue weighted by Crippen LogP contribution is 2.05. The summed E-state index contributed by atoms with van der Waals surface area (Å²) >= 11 is 0. The van der Waals surface area contributed by atoms with Crippen molar-refractivity contribution in [2.24, 2.45) is 7.05 Å². The van der Waals surface area contributed by atoms with E-state index < -0.39 is 10.0 Å². The largest absolute Gasteiger partial charge is 0.355 e. The van der Waals surface area contributed by atoms with Crippen LogP contribution in [0.3, 0.4) is 0 Å². The molecule has 1 aromatic heterocycles. The van der Waals surface area contributed by atoms with Crippen molar-refractivity contribution in [3.8, 4) is 0 Å². The molecule has 0 bridgehead atoms. The van der Waals surface area contributed by atoms with Gasteiger partial charge in [-0.05, 0) is 5.56 Å². The highest BCUT2D eigenvalue weighted by atomic mass is 32.2. The van der Waals surface area contributed by atoms with Gasteiger partial charge in [-0.2, -0.15) is 5.10 Å². The highest BCUT2D eigenvalue weighted by molar-refractivity contribution is 7.89. The van der Waals surface area contributed by atoms with Crippen LogP contribution in [0.1, 0.15) is 5.56 Å². The van der Waals surface area contributed by atoms with Crippen molar-refractivity contribution < 1.29 is 13.2 Å². The first kappa shape index (κ1) is 16.2. The van der Waals surface area contributed by atoms with Crippen molar-refractivity contribution in [2.75, 3.05) is 13.1 Å². The van der Waals surface area contributed by atoms with Crippen molar-refractivity contribution in [1.82, 2.24) is 19.8 Å². The Balaban J connectivity index is 1.74. The first-order chi connectivity index (χ1) is 10.5. The summed E-state index contributed by atoms with van der Waals surface area (Å²) < 4.78 is 27.6. The number of aromatic nitrogens is 2. The third-order valence-corrected chi connectivity index (χ3v) is 4.35. The molecule has 0 saturated heterocycles. The summed E-state index contributed by atoms with van der Waals surface area (Å²) in [6, 6.07) is 9.35. The third-order valence-electron chi connectivity index (χ3n) is 2.94. The summed E-state index contributed by atoms with van der Waals surface area (Å²) in [5.41, 5.74) is 0.913. The normalized spacial score (nSPS) is 11.3. The van der Waals surface area contributed by atoms with Gasteiger partial charge in [0.25, 0.3) is 0 Å². The molecule has 1 aromatic carbocycles. The monoisotopic (exact) mass is 322 g/mol. The molecule has 118 valence electrons. The number of nitrogens with zero attached hydrogens (tertiary/aromatic N) is 2. The minimum absolute atomic E-state index is 0.102. The maximum absolute atomic E-state index is 11.9. The van der Waals surface area contributed by atoms with Gasteiger partial charge in [0.1, 0.15) is 4.90 Å². The maximum atomic E-state index is 11.9. The second kappa shape index (κ2) is 7.19. The molecule has 8 heteroatoms. The summed E-state index contributed by atoms with van der Waals surface area (Å²) in [6.07, 6.45) is 2.96. The molecule has 22 heavy (non-hydrogen) atoms. The topological polar surface area (TPSA) is 93.1 Å². The average Bonchev–Trinajstić information content (AvgIpc) is 2.92. The fraction of sp³-hybridized carbons (Fsp3) is 0.286. The van der Waals surface area contributed by atoms with Gasteiger partial charge in [0.2, 0.25) is 15.9 Å². The zero-order valence-electron chi connectivity index (χ0n) is 12.2. The van der Waals surface area contributed by atoms with E-state index in [1.807, 2.05) is 30.3 Å². The van der Waals surface area contributed by atoms with Crippen LogP contribution in [0.4, 0.5) is 0 Å². The van der Waals surface area contributed by atoms with Crippen LogP contribution < -0.4 is 10.0 Å². The van der Waals surface area contributed by atoms with E-state index >= 15 is 0 Å². The molecule has 0 aliphatic rings. The van der Waals surface area contributed by atoms with Gasteiger partial charge in [-0.3, -0.25) is 9.48 Å². The summed E-state index contributed by atoms with van der Waals surface area (Å²) in [5.74, 6) is -0.147. The second-order valence-electron chi connectivity index (χ2n) is 4.76. The number of hydrogen-bond donors (Lipinski definition) is 2. The fourth-order valence-electron chi connectivity index (χ4n) is 1.85. The van der Waals surface area contributed by atoms with Crippen LogP contribution in [0, 0.1) is 0 Å². The van der Waals surface area contributed by atoms with E-state index in [0.717, 1.165) is 5.56 Å². The lowest BCUT2D eigenvalue weighted by Crippen LogP contribution is -2.35. The van der Waals surface area contributed by atoms with E-state index in [-0.39, 0.29) is 30.3 Å². The van der Waals surface area contributed by atoms with Crippen molar-refractivity contribution in [3.05, 3.63) is 48.3 Å². The lowest BCUT2D eigenvalue weighted by molar-refractivity contribution is -0.120. The van der Waals surface area contributed by atoms with Crippen molar-refractivity contribution in [2.45, 2.75) is 11.3 Å². The van der Waals surface area contributed by atoms with E-state index in [1.165, 1.54) is 17.1 Å². The lowest BCUT2D eigenvalue weighted by Gasteiger charge is -2.07. The molecule has 0 fully saturated rings. The molecule has 0 radical (unpaired) electrons. The number of hydrogen-bond acceptors (Lipinski definition) is 4. The van der Waals surface area contributed by atoms with Gasteiger partial charge in [-0.1, -0.05) is 30.3 Å². The Bertz CT molecular complexity index is 726. The van der Waals surface area contributed by atoms with Crippen LogP contribution in [0.5, 0.6) is 0 Å². The van der Waals surface area contributed by atoms with Crippen molar-refractivity contribution >= 4 is 15.9 Å². The van der Waals surface area contributed by atoms with E-state index in [4.69, 9.17) is 0 Å². The Labute approximate surface area is 129 Å². The Morgan fingerprint density at radius 1 is 1.23 bits per heavy atom. The maximum Gasteiger partial charge on any atom is 0.243 e. The van der Waals surface area contributed by atoms with Crippen molar-refractivity contribution in [1.29, 1.82) is 0 Å². The number of carbonyl (C=O) groups excluding carboxylic acids is 1. The molecule has 0 saturated carbocycles. The number of amides is 1. The number of carbonyl (C=O) groups is 1. The predicted octanol–water partition coefficient (Wildman–Crippen LogP) is 0.0573. The summed E-state index contributed by atoms with van der Waals surface area (Å²) in [5, 5.41) is 6.49. The average molecular weight is 322 g/mol. The molecule has 2 rings (SSSR count). The summed E-state index contributed by atoms with van der Waals surface area (Å²) in [6.45, 7) is 0.350. The van der Waals surface area contributed by atoms with E-state index in [0.29, 0.717) is 0 Å². The summed E-state index contributed by atoms with van der Waals surface area (Å²) in [4.78, 5) is 11.8. The number of aryl methyl sites for hydroxylation is 1. The Hall–Kier alpha value is -2.19. The molecular formula is C14H18N4O3S. The predicted molar refractivity (Wildman–Crippen MR) is 81.6 cm³/mol. The van der Waals surface area contributed by atoms with Gasteiger partial charge < -0.3 is 5.32 Å². The molecule has 0 unspecified atom stereocenters. The number of sulfonamides is 1. The van der Waals surface area contributed by atoms with Gasteiger partial charge in [0.05, 0.1) is 12.6 Å². The Morgan fingerprint density at radius 2 is 1.95 bits per heavy atom.